The Morgan fingerprint density at radius 3 is 2.35 bits per heavy atom. The summed E-state index contributed by atoms with van der Waals surface area (Å²) in [7, 11) is 0. The van der Waals surface area contributed by atoms with Gasteiger partial charge in [-0.3, -0.25) is 4.79 Å². The highest BCUT2D eigenvalue weighted by molar-refractivity contribution is 6.00. The summed E-state index contributed by atoms with van der Waals surface area (Å²) in [6.45, 7) is 11.3. The van der Waals surface area contributed by atoms with Crippen molar-refractivity contribution >= 4 is 5.91 Å². The van der Waals surface area contributed by atoms with Crippen LogP contribution in [0.4, 0.5) is 0 Å². The van der Waals surface area contributed by atoms with Gasteiger partial charge in [-0.15, -0.1) is 0 Å². The summed E-state index contributed by atoms with van der Waals surface area (Å²) in [6.07, 6.45) is 0. The fraction of sp³-hybridized carbons (Fsp3) is 0.533. The third-order valence-electron chi connectivity index (χ3n) is 3.54. The monoisotopic (exact) mass is 231 g/mol. The van der Waals surface area contributed by atoms with Crippen LogP contribution in [0.25, 0.3) is 0 Å². The molecule has 0 radical (unpaired) electrons. The van der Waals surface area contributed by atoms with Gasteiger partial charge in [-0.1, -0.05) is 26.0 Å². The second kappa shape index (κ2) is 4.17. The van der Waals surface area contributed by atoms with Gasteiger partial charge in [0.2, 0.25) is 0 Å². The summed E-state index contributed by atoms with van der Waals surface area (Å²) in [5, 5.41) is 0. The quantitative estimate of drug-likeness (QED) is 0.763. The summed E-state index contributed by atoms with van der Waals surface area (Å²) in [5.74, 6) is 0.713. The van der Waals surface area contributed by atoms with E-state index in [1.165, 1.54) is 11.1 Å². The van der Waals surface area contributed by atoms with Crippen LogP contribution >= 0.6 is 0 Å². The third kappa shape index (κ3) is 1.97. The summed E-state index contributed by atoms with van der Waals surface area (Å²) < 4.78 is 0. The predicted molar refractivity (Wildman–Crippen MR) is 70.3 cm³/mol. The fourth-order valence-corrected chi connectivity index (χ4v) is 2.47. The number of nitrogens with zero attached hydrogens (tertiary/aromatic N) is 1. The van der Waals surface area contributed by atoms with E-state index in [-0.39, 0.29) is 11.9 Å². The molecule has 92 valence electrons. The van der Waals surface area contributed by atoms with Crippen LogP contribution < -0.4 is 0 Å². The number of hydrogen-bond acceptors (Lipinski definition) is 1. The maximum absolute atomic E-state index is 12.3. The molecule has 0 unspecified atom stereocenters. The summed E-state index contributed by atoms with van der Waals surface area (Å²) in [5.41, 5.74) is 4.59. The van der Waals surface area contributed by atoms with E-state index < -0.39 is 0 Å². The van der Waals surface area contributed by atoms with E-state index in [0.29, 0.717) is 5.92 Å². The molecule has 1 aromatic rings. The number of carbonyl (C=O) groups is 1. The van der Waals surface area contributed by atoms with E-state index in [4.69, 9.17) is 0 Å². The average molecular weight is 231 g/mol. The first-order valence-electron chi connectivity index (χ1n) is 6.36. The van der Waals surface area contributed by atoms with E-state index in [9.17, 15) is 4.79 Å². The van der Waals surface area contributed by atoms with Gasteiger partial charge in [0.1, 0.15) is 0 Å². The molecule has 1 aromatic carbocycles. The lowest BCUT2D eigenvalue weighted by Gasteiger charge is -2.19. The Morgan fingerprint density at radius 2 is 1.82 bits per heavy atom. The van der Waals surface area contributed by atoms with Crippen LogP contribution in [0.15, 0.2) is 12.1 Å². The van der Waals surface area contributed by atoms with Crippen LogP contribution in [0.5, 0.6) is 0 Å². The molecule has 1 aliphatic rings. The lowest BCUT2D eigenvalue weighted by atomic mass is 9.95. The van der Waals surface area contributed by atoms with Gasteiger partial charge in [-0.2, -0.15) is 0 Å². The highest BCUT2D eigenvalue weighted by Crippen LogP contribution is 2.30. The molecule has 2 heteroatoms. The highest BCUT2D eigenvalue weighted by atomic mass is 16.2. The van der Waals surface area contributed by atoms with Gasteiger partial charge in [0, 0.05) is 18.2 Å². The van der Waals surface area contributed by atoms with Crippen molar-refractivity contribution < 1.29 is 4.79 Å². The van der Waals surface area contributed by atoms with Crippen LogP contribution in [0.1, 0.15) is 60.7 Å². The van der Waals surface area contributed by atoms with Crippen LogP contribution in [0.3, 0.4) is 0 Å². The number of amides is 1. The first kappa shape index (κ1) is 12.2. The molecular formula is C15H21NO. The van der Waals surface area contributed by atoms with Crippen LogP contribution in [-0.4, -0.2) is 16.8 Å². The highest BCUT2D eigenvalue weighted by Gasteiger charge is 2.30. The Kier molecular flexibility index (Phi) is 2.98. The zero-order valence-electron chi connectivity index (χ0n) is 11.4. The van der Waals surface area contributed by atoms with Crippen molar-refractivity contribution in [3.8, 4) is 0 Å². The van der Waals surface area contributed by atoms with Crippen molar-refractivity contribution in [2.24, 2.45) is 0 Å². The maximum atomic E-state index is 12.3. The molecule has 0 aliphatic carbocycles. The number of benzene rings is 1. The Labute approximate surface area is 104 Å². The van der Waals surface area contributed by atoms with Crippen molar-refractivity contribution in [3.05, 3.63) is 34.4 Å². The van der Waals surface area contributed by atoms with Crippen LogP contribution in [0, 0.1) is 6.92 Å². The van der Waals surface area contributed by atoms with E-state index in [1.54, 1.807) is 0 Å². The van der Waals surface area contributed by atoms with Gasteiger partial charge in [0.05, 0.1) is 0 Å². The summed E-state index contributed by atoms with van der Waals surface area (Å²) >= 11 is 0. The first-order valence-corrected chi connectivity index (χ1v) is 6.36. The summed E-state index contributed by atoms with van der Waals surface area (Å²) in [4.78, 5) is 14.2. The molecule has 0 saturated carbocycles. The topological polar surface area (TPSA) is 20.3 Å². The number of carbonyl (C=O) groups excluding carboxylic acids is 1. The van der Waals surface area contributed by atoms with Crippen molar-refractivity contribution in [1.82, 2.24) is 4.90 Å². The molecular weight excluding hydrogens is 210 g/mol. The fourth-order valence-electron chi connectivity index (χ4n) is 2.47. The number of fused-ring (bicyclic) bond motifs is 1. The van der Waals surface area contributed by atoms with Gasteiger partial charge in [0.15, 0.2) is 0 Å². The molecule has 1 heterocycles. The molecule has 1 amide bonds. The molecule has 0 aromatic heterocycles. The van der Waals surface area contributed by atoms with Crippen molar-refractivity contribution in [2.75, 3.05) is 0 Å². The molecule has 0 N–H and O–H groups in total. The van der Waals surface area contributed by atoms with Crippen molar-refractivity contribution in [2.45, 2.75) is 53.1 Å². The molecule has 0 atom stereocenters. The van der Waals surface area contributed by atoms with Crippen LogP contribution in [-0.2, 0) is 6.54 Å². The van der Waals surface area contributed by atoms with Crippen molar-refractivity contribution in [1.29, 1.82) is 0 Å². The Bertz CT molecular complexity index is 460. The SMILES string of the molecule is Cc1cc(C(C)C)cc2c1C(=O)N(C(C)C)C2. The van der Waals surface area contributed by atoms with E-state index in [1.807, 2.05) is 11.8 Å². The zero-order valence-corrected chi connectivity index (χ0v) is 11.4. The van der Waals surface area contributed by atoms with Gasteiger partial charge in [-0.25, -0.2) is 0 Å². The first-order chi connectivity index (χ1) is 7.91. The molecule has 1 aliphatic heterocycles. The third-order valence-corrected chi connectivity index (χ3v) is 3.54. The minimum absolute atomic E-state index is 0.197. The van der Waals surface area contributed by atoms with Gasteiger partial charge in [-0.05, 0) is 43.4 Å². The molecule has 0 saturated heterocycles. The second-order valence-corrected chi connectivity index (χ2v) is 5.55. The van der Waals surface area contributed by atoms with Gasteiger partial charge in [0.25, 0.3) is 5.91 Å². The van der Waals surface area contributed by atoms with Gasteiger partial charge >= 0.3 is 0 Å². The largest absolute Gasteiger partial charge is 0.332 e. The predicted octanol–water partition coefficient (Wildman–Crippen LogP) is 3.48. The standard InChI is InChI=1S/C15H21NO/c1-9(2)12-6-11(5)14-13(7-12)8-16(10(3)4)15(14)17/h6-7,9-10H,8H2,1-5H3. The van der Waals surface area contributed by atoms with Crippen molar-refractivity contribution in [3.63, 3.8) is 0 Å². The lowest BCUT2D eigenvalue weighted by molar-refractivity contribution is 0.0730. The zero-order chi connectivity index (χ0) is 12.7. The van der Waals surface area contributed by atoms with Gasteiger partial charge < -0.3 is 4.90 Å². The molecule has 2 rings (SSSR count). The van der Waals surface area contributed by atoms with E-state index in [0.717, 1.165) is 17.7 Å². The van der Waals surface area contributed by atoms with E-state index >= 15 is 0 Å². The summed E-state index contributed by atoms with van der Waals surface area (Å²) in [6, 6.07) is 4.63. The Balaban J connectivity index is 2.48. The minimum atomic E-state index is 0.197. The number of rotatable bonds is 2. The molecule has 0 bridgehead atoms. The minimum Gasteiger partial charge on any atom is -0.332 e. The smallest absolute Gasteiger partial charge is 0.255 e. The molecule has 0 fully saturated rings. The molecule has 17 heavy (non-hydrogen) atoms. The van der Waals surface area contributed by atoms with E-state index in [2.05, 4.69) is 39.8 Å². The maximum Gasteiger partial charge on any atom is 0.255 e. The second-order valence-electron chi connectivity index (χ2n) is 5.55. The van der Waals surface area contributed by atoms with Crippen LogP contribution in [0.2, 0.25) is 0 Å². The Morgan fingerprint density at radius 1 is 1.18 bits per heavy atom. The Hall–Kier alpha value is -1.31. The lowest BCUT2D eigenvalue weighted by Crippen LogP contribution is -2.30. The normalized spacial score (nSPS) is 15.0. The average Bonchev–Trinajstić information content (AvgIpc) is 2.56. The number of hydrogen-bond donors (Lipinski definition) is 0. The molecule has 0 spiro atoms. The molecule has 2 nitrogen and oxygen atoms in total. The number of aryl methyl sites for hydroxylation is 1.